The number of fused-ring (bicyclic) bond motifs is 8. The van der Waals surface area contributed by atoms with Gasteiger partial charge >= 0.3 is 0 Å². The SMILES string of the molecule is CC1(C)CCC(C)(C)C2CC3=C(C=C21)B1c2c(cc(C(C)(C)C)cc2N(c2ccc4c(c2)C(C)(C)CCC4(C)C)c2sc4c(c21)C(C)(C)CCC4(C)C)N3c1ccc2c(c1)C(C)(C)CCC2(C)C. The van der Waals surface area contributed by atoms with Gasteiger partial charge in [-0.15, -0.1) is 11.3 Å². The highest BCUT2D eigenvalue weighted by Gasteiger charge is 2.55. The van der Waals surface area contributed by atoms with E-state index in [-0.39, 0.29) is 55.4 Å². The molecular formula is C64H85BN2S. The molecule has 4 aromatic rings. The van der Waals surface area contributed by atoms with Gasteiger partial charge in [0.2, 0.25) is 0 Å². The van der Waals surface area contributed by atoms with E-state index in [1.807, 2.05) is 0 Å². The molecule has 3 heterocycles. The Morgan fingerprint density at radius 3 is 1.53 bits per heavy atom. The molecule has 1 unspecified atom stereocenters. The summed E-state index contributed by atoms with van der Waals surface area (Å²) in [6.45, 7) is 48.0. The molecule has 7 aliphatic rings. The van der Waals surface area contributed by atoms with E-state index in [2.05, 4.69) is 207 Å². The van der Waals surface area contributed by atoms with E-state index >= 15 is 0 Å². The van der Waals surface area contributed by atoms with Crippen LogP contribution in [0.2, 0.25) is 0 Å². The fourth-order valence-electron chi connectivity index (χ4n) is 14.9. The molecule has 2 nitrogen and oxygen atoms in total. The van der Waals surface area contributed by atoms with Crippen LogP contribution in [0.5, 0.6) is 0 Å². The largest absolute Gasteiger partial charge is 0.315 e. The highest BCUT2D eigenvalue weighted by molar-refractivity contribution is 7.20. The molecule has 11 rings (SSSR count). The Morgan fingerprint density at radius 1 is 0.515 bits per heavy atom. The molecular weight excluding hydrogens is 840 g/mol. The highest BCUT2D eigenvalue weighted by atomic mass is 32.1. The van der Waals surface area contributed by atoms with Gasteiger partial charge in [-0.25, -0.2) is 0 Å². The van der Waals surface area contributed by atoms with Crippen LogP contribution in [-0.4, -0.2) is 6.71 Å². The van der Waals surface area contributed by atoms with Crippen LogP contribution < -0.4 is 20.7 Å². The first-order chi connectivity index (χ1) is 31.3. The lowest BCUT2D eigenvalue weighted by molar-refractivity contribution is 0.121. The Kier molecular flexibility index (Phi) is 9.74. The third kappa shape index (κ3) is 6.65. The highest BCUT2D eigenvalue weighted by Crippen LogP contribution is 2.62. The maximum atomic E-state index is 2.86. The van der Waals surface area contributed by atoms with E-state index in [0.717, 1.165) is 6.42 Å². The van der Waals surface area contributed by atoms with Crippen molar-refractivity contribution in [2.75, 3.05) is 9.80 Å². The van der Waals surface area contributed by atoms with Gasteiger partial charge in [-0.3, -0.25) is 0 Å². The van der Waals surface area contributed by atoms with Crippen molar-refractivity contribution in [3.8, 4) is 0 Å². The number of rotatable bonds is 2. The Labute approximate surface area is 417 Å². The van der Waals surface area contributed by atoms with Crippen LogP contribution in [0.1, 0.15) is 228 Å². The van der Waals surface area contributed by atoms with Crippen LogP contribution in [0, 0.1) is 16.7 Å². The summed E-state index contributed by atoms with van der Waals surface area (Å²) in [4.78, 5) is 7.30. The predicted octanol–water partition coefficient (Wildman–Crippen LogP) is 17.2. The van der Waals surface area contributed by atoms with Crippen molar-refractivity contribution in [1.82, 2.24) is 0 Å². The van der Waals surface area contributed by atoms with E-state index < -0.39 is 0 Å². The molecule has 0 N–H and O–H groups in total. The number of nitrogens with zero attached hydrogens (tertiary/aromatic N) is 2. The summed E-state index contributed by atoms with van der Waals surface area (Å²) in [6.07, 6.45) is 13.7. The summed E-state index contributed by atoms with van der Waals surface area (Å²) < 4.78 is 0. The van der Waals surface area contributed by atoms with Crippen LogP contribution in [0.15, 0.2) is 71.3 Å². The predicted molar refractivity (Wildman–Crippen MR) is 297 cm³/mol. The molecule has 4 heteroatoms. The van der Waals surface area contributed by atoms with Gasteiger partial charge in [-0.05, 0) is 199 Å². The third-order valence-electron chi connectivity index (χ3n) is 20.2. The van der Waals surface area contributed by atoms with Crippen molar-refractivity contribution < 1.29 is 0 Å². The van der Waals surface area contributed by atoms with Crippen LogP contribution in [-0.2, 0) is 37.9 Å². The summed E-state index contributed by atoms with van der Waals surface area (Å²) in [7, 11) is 0. The zero-order valence-electron chi connectivity index (χ0n) is 46.0. The zero-order valence-corrected chi connectivity index (χ0v) is 46.8. The standard InChI is InChI=1S/C64H85BN2S/c1-56(2,3)38-32-49-52-50(33-38)67(40-21-23-42-44(35-40)60(10,11)27-25-58(42,6)7)55-53(51-54(68-55)64(18,19)31-30-63(51,16)17)65(52)47-36-45-46(62(14,15)29-28-61(45,12)13)37-48(47)66(49)39-20-22-41-43(34-39)59(8,9)26-24-57(41,4)5/h20-23,32-36,46H,24-31,37H2,1-19H3. The summed E-state index contributed by atoms with van der Waals surface area (Å²) in [5.41, 5.74) is 23.6. The van der Waals surface area contributed by atoms with Gasteiger partial charge in [0.15, 0.2) is 0 Å². The van der Waals surface area contributed by atoms with E-state index in [1.165, 1.54) is 107 Å². The zero-order chi connectivity index (χ0) is 49.1. The summed E-state index contributed by atoms with van der Waals surface area (Å²) in [5, 5.41) is 1.47. The van der Waals surface area contributed by atoms with Crippen LogP contribution in [0.3, 0.4) is 0 Å². The number of thiophene rings is 1. The van der Waals surface area contributed by atoms with E-state index in [9.17, 15) is 0 Å². The number of benzene rings is 3. The second-order valence-electron chi connectivity index (χ2n) is 29.7. The molecule has 5 aliphatic carbocycles. The Balaban J connectivity index is 1.29. The van der Waals surface area contributed by atoms with Gasteiger partial charge in [0.05, 0.1) is 5.00 Å². The molecule has 360 valence electrons. The number of hydrogen-bond donors (Lipinski definition) is 0. The van der Waals surface area contributed by atoms with Gasteiger partial charge in [-0.2, -0.15) is 0 Å². The first-order valence-electron chi connectivity index (χ1n) is 27.0. The summed E-state index contributed by atoms with van der Waals surface area (Å²) >= 11 is 2.16. The van der Waals surface area contributed by atoms with Gasteiger partial charge in [-0.1, -0.05) is 155 Å². The second-order valence-corrected chi connectivity index (χ2v) is 30.7. The van der Waals surface area contributed by atoms with Gasteiger partial charge in [0.25, 0.3) is 6.71 Å². The maximum absolute atomic E-state index is 2.86. The molecule has 68 heavy (non-hydrogen) atoms. The smallest absolute Gasteiger partial charge is 0.253 e. The van der Waals surface area contributed by atoms with E-state index in [1.54, 1.807) is 38.2 Å². The molecule has 1 fully saturated rings. The van der Waals surface area contributed by atoms with E-state index in [4.69, 9.17) is 0 Å². The second kappa shape index (κ2) is 14.1. The van der Waals surface area contributed by atoms with Crippen molar-refractivity contribution in [1.29, 1.82) is 0 Å². The lowest BCUT2D eigenvalue weighted by atomic mass is 9.31. The average Bonchev–Trinajstić information content (AvgIpc) is 3.67. The molecule has 0 saturated heterocycles. The minimum absolute atomic E-state index is 0.0523. The van der Waals surface area contributed by atoms with Crippen molar-refractivity contribution >= 4 is 56.7 Å². The summed E-state index contributed by atoms with van der Waals surface area (Å²) in [6, 6.07) is 20.8. The molecule has 0 amide bonds. The molecule has 0 spiro atoms. The number of anilines is 5. The van der Waals surface area contributed by atoms with Crippen LogP contribution in [0.4, 0.5) is 27.8 Å². The molecule has 1 saturated carbocycles. The molecule has 3 aromatic carbocycles. The Hall–Kier alpha value is -3.50. The molecule has 1 aromatic heterocycles. The van der Waals surface area contributed by atoms with Gasteiger partial charge in [0, 0.05) is 33.3 Å². The van der Waals surface area contributed by atoms with Crippen molar-refractivity contribution in [2.45, 2.75) is 227 Å². The van der Waals surface area contributed by atoms with E-state index in [0.29, 0.717) is 5.92 Å². The fraction of sp³-hybridized carbons (Fsp3) is 0.594. The number of hydrogen-bond acceptors (Lipinski definition) is 3. The quantitative estimate of drug-likeness (QED) is 0.185. The van der Waals surface area contributed by atoms with Crippen molar-refractivity contribution in [2.24, 2.45) is 16.7 Å². The van der Waals surface area contributed by atoms with Crippen LogP contribution in [0.25, 0.3) is 0 Å². The van der Waals surface area contributed by atoms with Gasteiger partial charge in [0.1, 0.15) is 0 Å². The van der Waals surface area contributed by atoms with Crippen LogP contribution >= 0.6 is 11.3 Å². The van der Waals surface area contributed by atoms with Crippen molar-refractivity contribution in [3.63, 3.8) is 0 Å². The first-order valence-corrected chi connectivity index (χ1v) is 27.8. The lowest BCUT2D eigenvalue weighted by Crippen LogP contribution is -2.58. The Morgan fingerprint density at radius 2 is 0.985 bits per heavy atom. The fourth-order valence-corrected chi connectivity index (χ4v) is 16.5. The summed E-state index contributed by atoms with van der Waals surface area (Å²) in [5.74, 6) is 0.488. The lowest BCUT2D eigenvalue weighted by Gasteiger charge is -2.54. The monoisotopic (exact) mass is 925 g/mol. The number of allylic oxidation sites excluding steroid dienone is 4. The minimum atomic E-state index is -0.0648. The Bertz CT molecular complexity index is 2890. The topological polar surface area (TPSA) is 6.48 Å². The third-order valence-corrected chi connectivity index (χ3v) is 21.7. The molecule has 2 aliphatic heterocycles. The van der Waals surface area contributed by atoms with Crippen molar-refractivity contribution in [3.05, 3.63) is 110 Å². The minimum Gasteiger partial charge on any atom is -0.315 e. The maximum Gasteiger partial charge on any atom is 0.253 e. The molecule has 1 atom stereocenters. The average molecular weight is 925 g/mol. The normalized spacial score (nSPS) is 25.8. The molecule has 0 bridgehead atoms. The van der Waals surface area contributed by atoms with Gasteiger partial charge < -0.3 is 9.80 Å². The first kappa shape index (κ1) is 46.9. The molecule has 0 radical (unpaired) electrons.